The molecule has 12 heteroatoms. The van der Waals surface area contributed by atoms with Crippen LogP contribution in [0.15, 0.2) is 30.3 Å². The topological polar surface area (TPSA) is 161 Å². The summed E-state index contributed by atoms with van der Waals surface area (Å²) in [4.78, 5) is 56.1. The third kappa shape index (κ3) is 22.8. The molecule has 2 fully saturated rings. The maximum Gasteiger partial charge on any atom is 0.408 e. The van der Waals surface area contributed by atoms with Crippen LogP contribution < -0.4 is 21.3 Å². The van der Waals surface area contributed by atoms with Crippen molar-refractivity contribution in [2.45, 2.75) is 110 Å². The second kappa shape index (κ2) is 25.7. The van der Waals surface area contributed by atoms with Crippen molar-refractivity contribution in [1.29, 1.82) is 0 Å². The highest BCUT2D eigenvalue weighted by atomic mass is 16.6. The zero-order valence-electron chi connectivity index (χ0n) is 29.8. The number of hydrogen-bond donors (Lipinski definition) is 4. The van der Waals surface area contributed by atoms with Crippen LogP contribution in [0.4, 0.5) is 4.79 Å². The summed E-state index contributed by atoms with van der Waals surface area (Å²) < 4.78 is 15.0. The number of amides is 3. The molecule has 3 amide bonds. The van der Waals surface area contributed by atoms with Gasteiger partial charge in [0.15, 0.2) is 0 Å². The van der Waals surface area contributed by atoms with Gasteiger partial charge in [-0.25, -0.2) is 4.79 Å². The standard InChI is InChI=1S/C16H23NO4.C10H17N3O3.C7H14.C2H6O/c1-12(21-16(2,3)4)14(10-18)17-15(19)20-11-13-8-6-5-7-9-13;1-11-5-9(15)13-8(6-14)4-7-2-3-12-10(7)16;1-7-5-3-2-4-6-7;1-3-2/h5-10,12,14H,11H2,1-4H3,(H,17,19);6-8,11H,2-5H2,1H3,(H,12,16)(H,13,15);7H,2-6H2,1H3;1-2H3. The van der Waals surface area contributed by atoms with Gasteiger partial charge in [-0.3, -0.25) is 9.59 Å². The number of hydrogen-bond acceptors (Lipinski definition) is 9. The molecule has 12 nitrogen and oxygen atoms in total. The molecule has 0 bridgehead atoms. The number of aldehydes is 2. The van der Waals surface area contributed by atoms with Crippen LogP contribution in [0.1, 0.15) is 85.1 Å². The maximum absolute atomic E-state index is 11.7. The van der Waals surface area contributed by atoms with Gasteiger partial charge >= 0.3 is 6.09 Å². The van der Waals surface area contributed by atoms with Crippen LogP contribution >= 0.6 is 0 Å². The second-order valence-corrected chi connectivity index (χ2v) is 12.8. The van der Waals surface area contributed by atoms with E-state index >= 15 is 0 Å². The summed E-state index contributed by atoms with van der Waals surface area (Å²) in [5, 5.41) is 10.5. The monoisotopic (exact) mass is 664 g/mol. The SMILES string of the molecule is CC(OC(C)(C)C)C(C=O)NC(=O)OCc1ccccc1.CC1CCCCC1.CNCC(=O)NC(C=O)CC1CCNC1=O.COC. The lowest BCUT2D eigenvalue weighted by Gasteiger charge is -2.28. The smallest absolute Gasteiger partial charge is 0.408 e. The Morgan fingerprint density at radius 3 is 2.06 bits per heavy atom. The van der Waals surface area contributed by atoms with Crippen LogP contribution in [0.2, 0.25) is 0 Å². The minimum atomic E-state index is -0.743. The van der Waals surface area contributed by atoms with Gasteiger partial charge in [-0.2, -0.15) is 0 Å². The van der Waals surface area contributed by atoms with E-state index in [1.165, 1.54) is 32.1 Å². The van der Waals surface area contributed by atoms with E-state index in [2.05, 4.69) is 32.9 Å². The van der Waals surface area contributed by atoms with Crippen molar-refractivity contribution >= 4 is 30.5 Å². The van der Waals surface area contributed by atoms with Gasteiger partial charge in [0.25, 0.3) is 0 Å². The number of nitrogens with one attached hydrogen (secondary N) is 4. The van der Waals surface area contributed by atoms with E-state index in [0.29, 0.717) is 25.5 Å². The highest BCUT2D eigenvalue weighted by molar-refractivity contribution is 5.83. The Morgan fingerprint density at radius 1 is 1.00 bits per heavy atom. The Kier molecular flexibility index (Phi) is 23.9. The molecule has 3 rings (SSSR count). The molecule has 268 valence electrons. The lowest BCUT2D eigenvalue weighted by atomic mass is 9.91. The molecule has 1 saturated carbocycles. The van der Waals surface area contributed by atoms with E-state index < -0.39 is 29.9 Å². The van der Waals surface area contributed by atoms with Crippen LogP contribution in [-0.2, 0) is 40.0 Å². The normalized spacial score (nSPS) is 17.7. The van der Waals surface area contributed by atoms with E-state index in [9.17, 15) is 24.0 Å². The predicted molar refractivity (Wildman–Crippen MR) is 183 cm³/mol. The van der Waals surface area contributed by atoms with Gasteiger partial charge in [-0.1, -0.05) is 69.4 Å². The van der Waals surface area contributed by atoms with Crippen molar-refractivity contribution in [3.05, 3.63) is 35.9 Å². The van der Waals surface area contributed by atoms with Crippen LogP contribution in [0.3, 0.4) is 0 Å². The molecule has 1 heterocycles. The van der Waals surface area contributed by atoms with E-state index in [-0.39, 0.29) is 30.9 Å². The number of methoxy groups -OCH3 is 1. The van der Waals surface area contributed by atoms with Crippen LogP contribution in [-0.4, -0.2) is 88.6 Å². The molecule has 1 aliphatic carbocycles. The Hall–Kier alpha value is -3.35. The number of alkyl carbamates (subject to hydrolysis) is 1. The van der Waals surface area contributed by atoms with Crippen molar-refractivity contribution in [2.24, 2.45) is 11.8 Å². The highest BCUT2D eigenvalue weighted by Gasteiger charge is 2.28. The molecule has 1 saturated heterocycles. The predicted octanol–water partition coefficient (Wildman–Crippen LogP) is 3.95. The number of benzene rings is 1. The van der Waals surface area contributed by atoms with Gasteiger partial charge in [-0.15, -0.1) is 0 Å². The fourth-order valence-electron chi connectivity index (χ4n) is 4.84. The minimum Gasteiger partial charge on any atom is -0.445 e. The zero-order valence-corrected chi connectivity index (χ0v) is 29.8. The van der Waals surface area contributed by atoms with Gasteiger partial charge in [0.05, 0.1) is 24.3 Å². The Morgan fingerprint density at radius 2 is 1.62 bits per heavy atom. The Balaban J connectivity index is 0.000000710. The van der Waals surface area contributed by atoms with E-state index in [1.807, 2.05) is 51.1 Å². The second-order valence-electron chi connectivity index (χ2n) is 12.8. The lowest BCUT2D eigenvalue weighted by Crippen LogP contribution is -2.46. The minimum absolute atomic E-state index is 0.0327. The van der Waals surface area contributed by atoms with Crippen LogP contribution in [0, 0.1) is 11.8 Å². The first-order valence-electron chi connectivity index (χ1n) is 16.5. The first kappa shape index (κ1) is 43.6. The molecule has 47 heavy (non-hydrogen) atoms. The van der Waals surface area contributed by atoms with Crippen molar-refractivity contribution in [2.75, 3.05) is 34.4 Å². The number of rotatable bonds is 12. The zero-order chi connectivity index (χ0) is 35.7. The molecule has 1 aromatic carbocycles. The molecule has 4 N–H and O–H groups in total. The van der Waals surface area contributed by atoms with Gasteiger partial charge in [-0.05, 0) is 59.1 Å². The molecule has 4 atom stereocenters. The third-order valence-corrected chi connectivity index (χ3v) is 7.13. The molecule has 4 unspecified atom stereocenters. The fourth-order valence-corrected chi connectivity index (χ4v) is 4.84. The Labute approximate surface area is 281 Å². The van der Waals surface area contributed by atoms with Gasteiger partial charge in [0, 0.05) is 26.7 Å². The van der Waals surface area contributed by atoms with E-state index in [4.69, 9.17) is 9.47 Å². The van der Waals surface area contributed by atoms with Crippen molar-refractivity contribution in [1.82, 2.24) is 21.3 Å². The highest BCUT2D eigenvalue weighted by Crippen LogP contribution is 2.22. The largest absolute Gasteiger partial charge is 0.445 e. The average Bonchev–Trinajstić information content (AvgIpc) is 3.43. The van der Waals surface area contributed by atoms with Gasteiger partial charge in [0.1, 0.15) is 25.2 Å². The molecular weight excluding hydrogens is 604 g/mol. The van der Waals surface area contributed by atoms with Crippen LogP contribution in [0.5, 0.6) is 0 Å². The Bertz CT molecular complexity index is 1010. The number of ether oxygens (including phenoxy) is 3. The molecule has 0 aromatic heterocycles. The van der Waals surface area contributed by atoms with Gasteiger partial charge < -0.3 is 45.1 Å². The number of likely N-dealkylation sites (N-methyl/N-ethyl adjacent to an activating group) is 1. The van der Waals surface area contributed by atoms with Gasteiger partial charge in [0.2, 0.25) is 11.8 Å². The summed E-state index contributed by atoms with van der Waals surface area (Å²) >= 11 is 0. The van der Waals surface area contributed by atoms with E-state index in [0.717, 1.165) is 17.9 Å². The first-order chi connectivity index (χ1) is 22.3. The first-order valence-corrected chi connectivity index (χ1v) is 16.5. The molecule has 0 radical (unpaired) electrons. The number of carbonyl (C=O) groups is 5. The summed E-state index contributed by atoms with van der Waals surface area (Å²) in [7, 11) is 4.90. The van der Waals surface area contributed by atoms with Crippen molar-refractivity contribution in [3.8, 4) is 0 Å². The molecule has 1 aliphatic heterocycles. The van der Waals surface area contributed by atoms with Crippen LogP contribution in [0.25, 0.3) is 0 Å². The maximum atomic E-state index is 11.7. The molecular formula is C35H60N4O8. The lowest BCUT2D eigenvalue weighted by molar-refractivity contribution is -0.125. The summed E-state index contributed by atoms with van der Waals surface area (Å²) in [5.41, 5.74) is 0.491. The average molecular weight is 665 g/mol. The van der Waals surface area contributed by atoms with E-state index in [1.54, 1.807) is 28.2 Å². The summed E-state index contributed by atoms with van der Waals surface area (Å²) in [6.07, 6.45) is 8.80. The summed E-state index contributed by atoms with van der Waals surface area (Å²) in [5.74, 6) is 0.603. The number of carbonyl (C=O) groups excluding carboxylic acids is 5. The molecule has 2 aliphatic rings. The van der Waals surface area contributed by atoms with Crippen molar-refractivity contribution in [3.63, 3.8) is 0 Å². The quantitative estimate of drug-likeness (QED) is 0.243. The third-order valence-electron chi connectivity index (χ3n) is 7.13. The van der Waals surface area contributed by atoms with Crippen molar-refractivity contribution < 1.29 is 38.2 Å². The molecule has 0 spiro atoms. The summed E-state index contributed by atoms with van der Waals surface area (Å²) in [6.45, 7) is 10.7. The summed E-state index contributed by atoms with van der Waals surface area (Å²) in [6, 6.07) is 8.01. The fraction of sp³-hybridized carbons (Fsp3) is 0.686. The molecule has 1 aromatic rings.